The standard InChI is InChI=1S/C20H23N3O2S2/c1-4-5-11-21-16(24)12-26-20-22-18-17(13(2)14(3)27-18)19(25)23(20)15-9-7-6-8-10-15/h6-10H,4-5,11-12H2,1-3H3,(H,21,24). The zero-order valence-corrected chi connectivity index (χ0v) is 17.4. The van der Waals surface area contributed by atoms with Crippen molar-refractivity contribution in [2.45, 2.75) is 38.8 Å². The molecule has 7 heteroatoms. The highest BCUT2D eigenvalue weighted by Gasteiger charge is 2.18. The Hall–Kier alpha value is -2.12. The van der Waals surface area contributed by atoms with Crippen LogP contribution >= 0.6 is 23.1 Å². The minimum atomic E-state index is -0.0815. The number of nitrogens with zero attached hydrogens (tertiary/aromatic N) is 2. The lowest BCUT2D eigenvalue weighted by atomic mass is 10.2. The number of rotatable bonds is 7. The maximum atomic E-state index is 13.3. The predicted molar refractivity (Wildman–Crippen MR) is 113 cm³/mol. The van der Waals surface area contributed by atoms with Crippen LogP contribution in [0.25, 0.3) is 15.9 Å². The van der Waals surface area contributed by atoms with E-state index in [1.54, 1.807) is 4.57 Å². The Morgan fingerprint density at radius 3 is 2.70 bits per heavy atom. The lowest BCUT2D eigenvalue weighted by Gasteiger charge is -2.12. The van der Waals surface area contributed by atoms with Gasteiger partial charge in [0.2, 0.25) is 5.91 Å². The Morgan fingerprint density at radius 2 is 2.00 bits per heavy atom. The first-order valence-corrected chi connectivity index (χ1v) is 10.8. The van der Waals surface area contributed by atoms with Crippen LogP contribution in [0.3, 0.4) is 0 Å². The molecule has 0 atom stereocenters. The minimum Gasteiger partial charge on any atom is -0.355 e. The van der Waals surface area contributed by atoms with Crippen LogP contribution in [0.1, 0.15) is 30.2 Å². The molecule has 5 nitrogen and oxygen atoms in total. The summed E-state index contributed by atoms with van der Waals surface area (Å²) in [5.41, 5.74) is 1.65. The van der Waals surface area contributed by atoms with Gasteiger partial charge in [-0.2, -0.15) is 0 Å². The number of carbonyl (C=O) groups is 1. The van der Waals surface area contributed by atoms with Crippen molar-refractivity contribution in [3.63, 3.8) is 0 Å². The molecule has 0 aliphatic heterocycles. The lowest BCUT2D eigenvalue weighted by molar-refractivity contribution is -0.118. The van der Waals surface area contributed by atoms with Crippen LogP contribution in [0.2, 0.25) is 0 Å². The molecule has 3 aromatic rings. The van der Waals surface area contributed by atoms with Gasteiger partial charge in [-0.1, -0.05) is 43.3 Å². The SMILES string of the molecule is CCCCNC(=O)CSc1nc2sc(C)c(C)c2c(=O)n1-c1ccccc1. The Morgan fingerprint density at radius 1 is 1.26 bits per heavy atom. The quantitative estimate of drug-likeness (QED) is 0.368. The molecular weight excluding hydrogens is 378 g/mol. The normalized spacial score (nSPS) is 11.1. The van der Waals surface area contributed by atoms with Gasteiger partial charge in [0.1, 0.15) is 4.83 Å². The first kappa shape index (κ1) is 19.6. The lowest BCUT2D eigenvalue weighted by Crippen LogP contribution is -2.27. The average Bonchev–Trinajstić information content (AvgIpc) is 2.95. The highest BCUT2D eigenvalue weighted by Crippen LogP contribution is 2.29. The van der Waals surface area contributed by atoms with Gasteiger partial charge >= 0.3 is 0 Å². The van der Waals surface area contributed by atoms with Crippen molar-refractivity contribution in [2.24, 2.45) is 0 Å². The second-order valence-electron chi connectivity index (χ2n) is 6.33. The smallest absolute Gasteiger partial charge is 0.267 e. The van der Waals surface area contributed by atoms with E-state index in [1.165, 1.54) is 23.1 Å². The van der Waals surface area contributed by atoms with Crippen LogP contribution in [-0.2, 0) is 4.79 Å². The Bertz CT molecular complexity index is 1010. The van der Waals surface area contributed by atoms with E-state index in [4.69, 9.17) is 4.98 Å². The third-order valence-corrected chi connectivity index (χ3v) is 6.41. The highest BCUT2D eigenvalue weighted by atomic mass is 32.2. The summed E-state index contributed by atoms with van der Waals surface area (Å²) < 4.78 is 1.62. The molecule has 0 unspecified atom stereocenters. The number of hydrogen-bond acceptors (Lipinski definition) is 5. The molecule has 0 aliphatic carbocycles. The number of hydrogen-bond donors (Lipinski definition) is 1. The molecule has 0 fully saturated rings. The maximum Gasteiger partial charge on any atom is 0.267 e. The van der Waals surface area contributed by atoms with E-state index >= 15 is 0 Å². The molecule has 0 radical (unpaired) electrons. The van der Waals surface area contributed by atoms with Crippen LogP contribution < -0.4 is 10.9 Å². The maximum absolute atomic E-state index is 13.3. The molecule has 142 valence electrons. The molecule has 1 N–H and O–H groups in total. The van der Waals surface area contributed by atoms with Crippen molar-refractivity contribution in [3.05, 3.63) is 51.1 Å². The second kappa shape index (κ2) is 8.71. The number of para-hydroxylation sites is 1. The molecular formula is C20H23N3O2S2. The summed E-state index contributed by atoms with van der Waals surface area (Å²) in [7, 11) is 0. The Balaban J connectivity index is 2.00. The molecule has 0 saturated carbocycles. The fraction of sp³-hybridized carbons (Fsp3) is 0.350. The Labute approximate surface area is 166 Å². The summed E-state index contributed by atoms with van der Waals surface area (Å²) in [6, 6.07) is 9.46. The monoisotopic (exact) mass is 401 g/mol. The molecule has 1 amide bonds. The van der Waals surface area contributed by atoms with Crippen LogP contribution in [0.15, 0.2) is 40.3 Å². The van der Waals surface area contributed by atoms with E-state index in [-0.39, 0.29) is 17.2 Å². The number of thioether (sulfide) groups is 1. The van der Waals surface area contributed by atoms with E-state index in [0.717, 1.165) is 33.8 Å². The summed E-state index contributed by atoms with van der Waals surface area (Å²) in [5.74, 6) is 0.193. The summed E-state index contributed by atoms with van der Waals surface area (Å²) >= 11 is 2.82. The van der Waals surface area contributed by atoms with Crippen molar-refractivity contribution in [2.75, 3.05) is 12.3 Å². The number of amides is 1. The summed E-state index contributed by atoms with van der Waals surface area (Å²) in [6.45, 7) is 6.73. The zero-order valence-electron chi connectivity index (χ0n) is 15.7. The number of carbonyl (C=O) groups excluding carboxylic acids is 1. The zero-order chi connectivity index (χ0) is 19.4. The first-order chi connectivity index (χ1) is 13.0. The summed E-state index contributed by atoms with van der Waals surface area (Å²) in [6.07, 6.45) is 2.00. The van der Waals surface area contributed by atoms with Crippen molar-refractivity contribution in [3.8, 4) is 5.69 Å². The van der Waals surface area contributed by atoms with Gasteiger partial charge in [-0.3, -0.25) is 14.2 Å². The molecule has 0 spiro atoms. The molecule has 27 heavy (non-hydrogen) atoms. The molecule has 1 aromatic carbocycles. The van der Waals surface area contributed by atoms with Crippen molar-refractivity contribution in [1.82, 2.24) is 14.9 Å². The largest absolute Gasteiger partial charge is 0.355 e. The van der Waals surface area contributed by atoms with E-state index < -0.39 is 0 Å². The third-order valence-electron chi connectivity index (χ3n) is 4.37. The summed E-state index contributed by atoms with van der Waals surface area (Å²) in [4.78, 5) is 31.9. The van der Waals surface area contributed by atoms with Crippen molar-refractivity contribution in [1.29, 1.82) is 0 Å². The number of aromatic nitrogens is 2. The van der Waals surface area contributed by atoms with E-state index in [1.807, 2.05) is 44.2 Å². The molecule has 0 bridgehead atoms. The topological polar surface area (TPSA) is 64.0 Å². The third kappa shape index (κ3) is 4.25. The number of thiophene rings is 1. The van der Waals surface area contributed by atoms with E-state index in [9.17, 15) is 9.59 Å². The van der Waals surface area contributed by atoms with Gasteiger partial charge in [0.05, 0.1) is 16.8 Å². The van der Waals surface area contributed by atoms with Gasteiger partial charge in [-0.25, -0.2) is 4.98 Å². The van der Waals surface area contributed by atoms with Gasteiger partial charge in [0.25, 0.3) is 5.56 Å². The number of aryl methyl sites for hydroxylation is 2. The van der Waals surface area contributed by atoms with E-state index in [0.29, 0.717) is 17.1 Å². The van der Waals surface area contributed by atoms with Crippen LogP contribution in [0.4, 0.5) is 0 Å². The number of fused-ring (bicyclic) bond motifs is 1. The molecule has 2 heterocycles. The van der Waals surface area contributed by atoms with Crippen LogP contribution in [0, 0.1) is 13.8 Å². The van der Waals surface area contributed by atoms with Gasteiger partial charge in [0, 0.05) is 11.4 Å². The van der Waals surface area contributed by atoms with Crippen LogP contribution in [-0.4, -0.2) is 27.8 Å². The van der Waals surface area contributed by atoms with Crippen LogP contribution in [0.5, 0.6) is 0 Å². The van der Waals surface area contributed by atoms with Crippen molar-refractivity contribution >= 4 is 39.2 Å². The number of unbranched alkanes of at least 4 members (excludes halogenated alkanes) is 1. The van der Waals surface area contributed by atoms with Gasteiger partial charge in [-0.15, -0.1) is 11.3 Å². The number of nitrogens with one attached hydrogen (secondary N) is 1. The molecule has 3 rings (SSSR count). The van der Waals surface area contributed by atoms with Gasteiger partial charge in [-0.05, 0) is 38.0 Å². The average molecular weight is 402 g/mol. The molecule has 0 saturated heterocycles. The van der Waals surface area contributed by atoms with Gasteiger partial charge < -0.3 is 5.32 Å². The van der Waals surface area contributed by atoms with E-state index in [2.05, 4.69) is 12.2 Å². The first-order valence-electron chi connectivity index (χ1n) is 9.00. The molecule has 0 aliphatic rings. The second-order valence-corrected chi connectivity index (χ2v) is 8.47. The predicted octanol–water partition coefficient (Wildman–Crippen LogP) is 4.07. The molecule has 2 aromatic heterocycles. The summed E-state index contributed by atoms with van der Waals surface area (Å²) in [5, 5.41) is 4.12. The van der Waals surface area contributed by atoms with Gasteiger partial charge in [0.15, 0.2) is 5.16 Å². The number of benzene rings is 1. The Kier molecular flexibility index (Phi) is 6.34. The minimum absolute atomic E-state index is 0.0408. The highest BCUT2D eigenvalue weighted by molar-refractivity contribution is 7.99. The fourth-order valence-electron chi connectivity index (χ4n) is 2.76. The fourth-order valence-corrected chi connectivity index (χ4v) is 4.68. The van der Waals surface area contributed by atoms with Crippen molar-refractivity contribution < 1.29 is 4.79 Å².